The molecule has 1 unspecified atom stereocenters. The molecule has 1 aromatic heterocycles. The Kier molecular flexibility index (Phi) is 5.27. The van der Waals surface area contributed by atoms with Crippen LogP contribution in [0.2, 0.25) is 0 Å². The summed E-state index contributed by atoms with van der Waals surface area (Å²) in [5.74, 6) is 0.238. The quantitative estimate of drug-likeness (QED) is 0.656. The number of aromatic nitrogens is 1. The first kappa shape index (κ1) is 20.4. The second-order valence-corrected chi connectivity index (χ2v) is 9.09. The smallest absolute Gasteiger partial charge is 0.301 e. The summed E-state index contributed by atoms with van der Waals surface area (Å²) in [5.41, 5.74) is 3.56. The van der Waals surface area contributed by atoms with Crippen molar-refractivity contribution < 1.29 is 13.2 Å². The number of allylic oxidation sites excluding steroid dienone is 2. The number of halogens is 1. The van der Waals surface area contributed by atoms with E-state index in [9.17, 15) is 8.42 Å². The fourth-order valence-electron chi connectivity index (χ4n) is 3.44. The van der Waals surface area contributed by atoms with E-state index >= 15 is 0 Å². The van der Waals surface area contributed by atoms with Crippen LogP contribution >= 0.6 is 11.6 Å². The molecule has 6 nitrogen and oxygen atoms in total. The van der Waals surface area contributed by atoms with Crippen LogP contribution in [0, 0.1) is 13.8 Å². The highest BCUT2D eigenvalue weighted by Gasteiger charge is 2.33. The number of benzene rings is 2. The molecule has 3 aromatic rings. The van der Waals surface area contributed by atoms with E-state index in [0.717, 1.165) is 31.8 Å². The van der Waals surface area contributed by atoms with Crippen LogP contribution < -0.4 is 9.88 Å². The van der Waals surface area contributed by atoms with Crippen LogP contribution in [0.4, 0.5) is 0 Å². The van der Waals surface area contributed by atoms with Gasteiger partial charge < -0.3 is 4.74 Å². The second-order valence-electron chi connectivity index (χ2n) is 7.20. The first-order valence-corrected chi connectivity index (χ1v) is 11.1. The van der Waals surface area contributed by atoms with Gasteiger partial charge in [0.2, 0.25) is 12.1 Å². The van der Waals surface area contributed by atoms with Crippen LogP contribution in [-0.4, -0.2) is 23.9 Å². The zero-order valence-corrected chi connectivity index (χ0v) is 18.0. The van der Waals surface area contributed by atoms with E-state index < -0.39 is 16.4 Å². The van der Waals surface area contributed by atoms with Crippen molar-refractivity contribution in [3.05, 3.63) is 88.7 Å². The molecule has 30 heavy (non-hydrogen) atoms. The van der Waals surface area contributed by atoms with E-state index in [-0.39, 0.29) is 10.9 Å². The van der Waals surface area contributed by atoms with Gasteiger partial charge in [-0.25, -0.2) is 14.4 Å². The summed E-state index contributed by atoms with van der Waals surface area (Å²) in [6.07, 6.45) is 3.62. The molecule has 4 rings (SSSR count). The fourth-order valence-corrected chi connectivity index (χ4v) is 4.45. The Bertz CT molecular complexity index is 1280. The van der Waals surface area contributed by atoms with Crippen LogP contribution in [0.5, 0.6) is 5.88 Å². The molecule has 0 fully saturated rings. The Labute approximate surface area is 180 Å². The van der Waals surface area contributed by atoms with Crippen LogP contribution in [0.3, 0.4) is 0 Å². The van der Waals surface area contributed by atoms with Crippen molar-refractivity contribution in [3.63, 3.8) is 0 Å². The summed E-state index contributed by atoms with van der Waals surface area (Å²) in [6.45, 7) is 3.94. The summed E-state index contributed by atoms with van der Waals surface area (Å²) in [7, 11) is -4.15. The molecule has 0 amide bonds. The van der Waals surface area contributed by atoms with Gasteiger partial charge in [0, 0.05) is 29.4 Å². The van der Waals surface area contributed by atoms with Crippen molar-refractivity contribution in [1.29, 1.82) is 0 Å². The molecule has 0 radical (unpaired) electrons. The Morgan fingerprint density at radius 2 is 1.73 bits per heavy atom. The molecule has 0 saturated heterocycles. The van der Waals surface area contributed by atoms with Crippen molar-refractivity contribution in [3.8, 4) is 5.88 Å². The van der Waals surface area contributed by atoms with Crippen LogP contribution in [0.15, 0.2) is 72.0 Å². The molecule has 0 saturated carbocycles. The third kappa shape index (κ3) is 4.18. The van der Waals surface area contributed by atoms with Gasteiger partial charge in [0.15, 0.2) is 0 Å². The molecular weight excluding hydrogens is 422 g/mol. The van der Waals surface area contributed by atoms with Gasteiger partial charge in [-0.1, -0.05) is 65.2 Å². The molecule has 1 aliphatic heterocycles. The number of hydrogen-bond donors (Lipinski definition) is 1. The molecular formula is C22H20ClN3O3S. The highest BCUT2D eigenvalue weighted by atomic mass is 35.5. The van der Waals surface area contributed by atoms with Gasteiger partial charge in [-0.3, -0.25) is 0 Å². The van der Waals surface area contributed by atoms with E-state index in [2.05, 4.69) is 4.98 Å². The standard InChI is InChI=1S/C22H20ClN3O3S/c1-14-7-15(2)9-18(8-14)19-10-20(23)22(26(13-19)30(24,27)28)29-21-11-16-5-3-4-6-17(16)12-25-21/h3-13,22H,1-2H3,(H2,24,27,28). The number of nitrogens with zero attached hydrogens (tertiary/aromatic N) is 2. The second kappa shape index (κ2) is 7.75. The molecule has 154 valence electrons. The number of ether oxygens (including phenoxy) is 1. The predicted octanol–water partition coefficient (Wildman–Crippen LogP) is 4.24. The molecule has 2 heterocycles. The van der Waals surface area contributed by atoms with Gasteiger partial charge in [-0.15, -0.1) is 0 Å². The average molecular weight is 442 g/mol. The normalized spacial score (nSPS) is 16.9. The van der Waals surface area contributed by atoms with E-state index in [0.29, 0.717) is 5.57 Å². The maximum Gasteiger partial charge on any atom is 0.301 e. The number of rotatable bonds is 4. The fraction of sp³-hybridized carbons (Fsp3) is 0.136. The maximum absolute atomic E-state index is 12.3. The highest BCUT2D eigenvalue weighted by Crippen LogP contribution is 2.32. The molecule has 2 aromatic carbocycles. The van der Waals surface area contributed by atoms with Gasteiger partial charge in [0.1, 0.15) is 0 Å². The zero-order valence-electron chi connectivity index (χ0n) is 16.4. The van der Waals surface area contributed by atoms with Gasteiger partial charge in [-0.05, 0) is 30.9 Å². The minimum Gasteiger partial charge on any atom is -0.447 e. The van der Waals surface area contributed by atoms with Crippen molar-refractivity contribution in [1.82, 2.24) is 9.29 Å². The largest absolute Gasteiger partial charge is 0.447 e. The van der Waals surface area contributed by atoms with Crippen molar-refractivity contribution in [2.24, 2.45) is 5.14 Å². The van der Waals surface area contributed by atoms with Crippen LogP contribution in [-0.2, 0) is 10.2 Å². The lowest BCUT2D eigenvalue weighted by molar-refractivity contribution is 0.149. The van der Waals surface area contributed by atoms with E-state index in [4.69, 9.17) is 21.5 Å². The Hall–Kier alpha value is -2.87. The summed E-state index contributed by atoms with van der Waals surface area (Å²) >= 11 is 6.48. The lowest BCUT2D eigenvalue weighted by atomic mass is 10.00. The minimum atomic E-state index is -4.15. The number of fused-ring (bicyclic) bond motifs is 1. The Balaban J connectivity index is 1.73. The summed E-state index contributed by atoms with van der Waals surface area (Å²) in [4.78, 5) is 4.26. The molecule has 1 atom stereocenters. The first-order chi connectivity index (χ1) is 14.2. The van der Waals surface area contributed by atoms with Crippen LogP contribution in [0.25, 0.3) is 16.3 Å². The zero-order chi connectivity index (χ0) is 21.5. The van der Waals surface area contributed by atoms with Gasteiger partial charge in [0.05, 0.1) is 5.03 Å². The monoisotopic (exact) mass is 441 g/mol. The number of nitrogens with two attached hydrogens (primary N) is 1. The molecule has 0 bridgehead atoms. The van der Waals surface area contributed by atoms with Crippen molar-refractivity contribution in [2.75, 3.05) is 0 Å². The number of hydrogen-bond acceptors (Lipinski definition) is 4. The molecule has 0 aliphatic carbocycles. The maximum atomic E-state index is 12.3. The Morgan fingerprint density at radius 3 is 2.40 bits per heavy atom. The van der Waals surface area contributed by atoms with Gasteiger partial charge >= 0.3 is 10.2 Å². The number of aryl methyl sites for hydroxylation is 2. The van der Waals surface area contributed by atoms with Gasteiger partial charge in [-0.2, -0.15) is 8.42 Å². The molecule has 0 spiro atoms. The SMILES string of the molecule is Cc1cc(C)cc(C2=CN(S(N)(=O)=O)C(Oc3cc4ccccc4cn3)C(Cl)=C2)c1. The first-order valence-electron chi connectivity index (χ1n) is 9.21. The minimum absolute atomic E-state index is 0.177. The molecule has 8 heteroatoms. The topological polar surface area (TPSA) is 85.5 Å². The van der Waals surface area contributed by atoms with Crippen LogP contribution in [0.1, 0.15) is 16.7 Å². The molecule has 2 N–H and O–H groups in total. The third-order valence-corrected chi connectivity index (χ3v) is 5.89. The molecule has 1 aliphatic rings. The average Bonchev–Trinajstić information content (AvgIpc) is 2.67. The van der Waals surface area contributed by atoms with Crippen molar-refractivity contribution >= 4 is 38.2 Å². The highest BCUT2D eigenvalue weighted by molar-refractivity contribution is 7.86. The summed E-state index contributed by atoms with van der Waals surface area (Å²) < 4.78 is 31.4. The van der Waals surface area contributed by atoms with Gasteiger partial charge in [0.25, 0.3) is 0 Å². The van der Waals surface area contributed by atoms with Crippen molar-refractivity contribution in [2.45, 2.75) is 20.1 Å². The Morgan fingerprint density at radius 1 is 1.07 bits per heavy atom. The predicted molar refractivity (Wildman–Crippen MR) is 119 cm³/mol. The van der Waals surface area contributed by atoms with E-state index in [1.807, 2.05) is 56.3 Å². The lowest BCUT2D eigenvalue weighted by Crippen LogP contribution is -2.45. The number of pyridine rings is 1. The van der Waals surface area contributed by atoms with E-state index in [1.54, 1.807) is 18.3 Å². The van der Waals surface area contributed by atoms with E-state index in [1.165, 1.54) is 6.20 Å². The third-order valence-electron chi connectivity index (χ3n) is 4.71. The summed E-state index contributed by atoms with van der Waals surface area (Å²) in [5, 5.41) is 7.50. The summed E-state index contributed by atoms with van der Waals surface area (Å²) in [6, 6.07) is 15.3. The lowest BCUT2D eigenvalue weighted by Gasteiger charge is -2.31.